The van der Waals surface area contributed by atoms with Crippen molar-refractivity contribution in [1.82, 2.24) is 4.98 Å². The molecule has 1 aromatic heterocycles. The molecule has 0 unspecified atom stereocenters. The van der Waals surface area contributed by atoms with Crippen LogP contribution in [-0.4, -0.2) is 4.98 Å². The van der Waals surface area contributed by atoms with Crippen LogP contribution in [0.3, 0.4) is 0 Å². The van der Waals surface area contributed by atoms with Crippen molar-refractivity contribution in [3.63, 3.8) is 0 Å². The Balaban J connectivity index is 3.16. The first-order valence-electron chi connectivity index (χ1n) is 4.92. The highest BCUT2D eigenvalue weighted by molar-refractivity contribution is 6.16. The zero-order chi connectivity index (χ0) is 10.9. The van der Waals surface area contributed by atoms with Gasteiger partial charge in [0.05, 0.1) is 11.6 Å². The Bertz CT molecular complexity index is 310. The molecule has 0 spiro atoms. The Kier molecular flexibility index (Phi) is 3.25. The van der Waals surface area contributed by atoms with Crippen molar-refractivity contribution >= 4 is 11.6 Å². The highest BCUT2D eigenvalue weighted by Gasteiger charge is 2.24. The molecule has 0 atom stereocenters. The maximum absolute atomic E-state index is 5.82. The first kappa shape index (κ1) is 11.6. The van der Waals surface area contributed by atoms with Crippen LogP contribution in [0.2, 0.25) is 0 Å². The van der Waals surface area contributed by atoms with Gasteiger partial charge >= 0.3 is 0 Å². The summed E-state index contributed by atoms with van der Waals surface area (Å²) in [6, 6.07) is 0. The van der Waals surface area contributed by atoms with E-state index in [0.29, 0.717) is 11.8 Å². The summed E-state index contributed by atoms with van der Waals surface area (Å²) in [6.07, 6.45) is 0. The van der Waals surface area contributed by atoms with E-state index in [1.54, 1.807) is 0 Å². The number of hydrogen-bond donors (Lipinski definition) is 0. The molecule has 80 valence electrons. The Morgan fingerprint density at radius 3 is 2.21 bits per heavy atom. The second-order valence-corrected chi connectivity index (χ2v) is 5.13. The summed E-state index contributed by atoms with van der Waals surface area (Å²) in [4.78, 5) is 4.50. The molecule has 0 aromatic carbocycles. The second-order valence-electron chi connectivity index (χ2n) is 4.86. The zero-order valence-corrected chi connectivity index (χ0v) is 10.3. The van der Waals surface area contributed by atoms with Crippen molar-refractivity contribution in [2.75, 3.05) is 0 Å². The summed E-state index contributed by atoms with van der Waals surface area (Å²) in [5.41, 5.74) is 0.983. The highest BCUT2D eigenvalue weighted by Crippen LogP contribution is 2.29. The molecule has 0 saturated heterocycles. The summed E-state index contributed by atoms with van der Waals surface area (Å²) in [5, 5.41) is 0. The second kappa shape index (κ2) is 3.93. The zero-order valence-electron chi connectivity index (χ0n) is 9.52. The van der Waals surface area contributed by atoms with Gasteiger partial charge in [0.25, 0.3) is 0 Å². The van der Waals surface area contributed by atoms with E-state index < -0.39 is 0 Å². The van der Waals surface area contributed by atoms with Gasteiger partial charge < -0.3 is 4.42 Å². The smallest absolute Gasteiger partial charge is 0.197 e. The van der Waals surface area contributed by atoms with Gasteiger partial charge in [-0.2, -0.15) is 0 Å². The topological polar surface area (TPSA) is 26.0 Å². The molecule has 0 aliphatic rings. The fourth-order valence-electron chi connectivity index (χ4n) is 1.29. The van der Waals surface area contributed by atoms with Gasteiger partial charge in [-0.25, -0.2) is 4.98 Å². The van der Waals surface area contributed by atoms with Crippen molar-refractivity contribution < 1.29 is 4.42 Å². The molecular formula is C11H18ClNO. The predicted molar refractivity (Wildman–Crippen MR) is 58.8 cm³/mol. The maximum Gasteiger partial charge on any atom is 0.197 e. The van der Waals surface area contributed by atoms with Gasteiger partial charge in [0.1, 0.15) is 5.76 Å². The number of halogens is 1. The third-order valence-corrected chi connectivity index (χ3v) is 2.28. The number of nitrogens with zero attached hydrogens (tertiary/aromatic N) is 1. The predicted octanol–water partition coefficient (Wildman–Crippen LogP) is 3.83. The van der Waals surface area contributed by atoms with E-state index in [-0.39, 0.29) is 5.41 Å². The van der Waals surface area contributed by atoms with Crippen molar-refractivity contribution in [3.8, 4) is 0 Å². The molecule has 1 aromatic rings. The van der Waals surface area contributed by atoms with Crippen molar-refractivity contribution in [2.45, 2.75) is 51.8 Å². The third-order valence-electron chi connectivity index (χ3n) is 2.04. The van der Waals surface area contributed by atoms with Crippen molar-refractivity contribution in [2.24, 2.45) is 0 Å². The Morgan fingerprint density at radius 2 is 1.93 bits per heavy atom. The van der Waals surface area contributed by atoms with Gasteiger partial charge in [-0.05, 0) is 0 Å². The standard InChI is InChI=1S/C11H18ClNO/c1-7(2)10-13-9(11(3,4)5)8(6-12)14-10/h7H,6H2,1-5H3. The van der Waals surface area contributed by atoms with Crippen LogP contribution in [0.25, 0.3) is 0 Å². The van der Waals surface area contributed by atoms with Crippen LogP contribution >= 0.6 is 11.6 Å². The van der Waals surface area contributed by atoms with Crippen LogP contribution in [0.5, 0.6) is 0 Å². The summed E-state index contributed by atoms with van der Waals surface area (Å²) in [5.74, 6) is 2.30. The van der Waals surface area contributed by atoms with Crippen LogP contribution in [0.15, 0.2) is 4.42 Å². The molecule has 2 nitrogen and oxygen atoms in total. The highest BCUT2D eigenvalue weighted by atomic mass is 35.5. The van der Waals surface area contributed by atoms with Gasteiger partial charge in [-0.1, -0.05) is 34.6 Å². The van der Waals surface area contributed by atoms with Crippen LogP contribution in [0, 0.1) is 0 Å². The Labute approximate surface area is 90.7 Å². The first-order valence-corrected chi connectivity index (χ1v) is 5.45. The minimum Gasteiger partial charge on any atom is -0.444 e. The van der Waals surface area contributed by atoms with Crippen LogP contribution in [-0.2, 0) is 11.3 Å². The van der Waals surface area contributed by atoms with Gasteiger partial charge in [-0.15, -0.1) is 11.6 Å². The quantitative estimate of drug-likeness (QED) is 0.701. The normalized spacial score (nSPS) is 12.5. The summed E-state index contributed by atoms with van der Waals surface area (Å²) >= 11 is 5.82. The molecule has 14 heavy (non-hydrogen) atoms. The number of alkyl halides is 1. The molecule has 0 amide bonds. The molecular weight excluding hydrogens is 198 g/mol. The molecule has 1 heterocycles. The molecule has 0 bridgehead atoms. The minimum absolute atomic E-state index is 0.000856. The summed E-state index contributed by atoms with van der Waals surface area (Å²) in [7, 11) is 0. The fourth-order valence-corrected chi connectivity index (χ4v) is 1.47. The van der Waals surface area contributed by atoms with Gasteiger partial charge in [0.2, 0.25) is 0 Å². The molecule has 0 saturated carbocycles. The Hall–Kier alpha value is -0.500. The largest absolute Gasteiger partial charge is 0.444 e. The van der Waals surface area contributed by atoms with Crippen molar-refractivity contribution in [1.29, 1.82) is 0 Å². The van der Waals surface area contributed by atoms with E-state index in [4.69, 9.17) is 16.0 Å². The first-order chi connectivity index (χ1) is 6.36. The van der Waals surface area contributed by atoms with E-state index in [1.807, 2.05) is 0 Å². The average Bonchev–Trinajstić information content (AvgIpc) is 2.46. The van der Waals surface area contributed by atoms with Gasteiger partial charge in [-0.3, -0.25) is 0 Å². The van der Waals surface area contributed by atoms with Gasteiger partial charge in [0, 0.05) is 11.3 Å². The lowest BCUT2D eigenvalue weighted by atomic mass is 9.91. The van der Waals surface area contributed by atoms with E-state index in [0.717, 1.165) is 17.3 Å². The summed E-state index contributed by atoms with van der Waals surface area (Å²) in [6.45, 7) is 10.5. The Morgan fingerprint density at radius 1 is 1.36 bits per heavy atom. The number of oxazole rings is 1. The maximum atomic E-state index is 5.82. The molecule has 0 aliphatic heterocycles. The van der Waals surface area contributed by atoms with Crippen LogP contribution < -0.4 is 0 Å². The molecule has 0 fully saturated rings. The van der Waals surface area contributed by atoms with E-state index in [9.17, 15) is 0 Å². The van der Waals surface area contributed by atoms with Crippen molar-refractivity contribution in [3.05, 3.63) is 17.3 Å². The summed E-state index contributed by atoms with van der Waals surface area (Å²) < 4.78 is 5.61. The van der Waals surface area contributed by atoms with Crippen LogP contribution in [0.4, 0.5) is 0 Å². The van der Waals surface area contributed by atoms with E-state index in [2.05, 4.69) is 39.6 Å². The number of aromatic nitrogens is 1. The van der Waals surface area contributed by atoms with Crippen LogP contribution in [0.1, 0.15) is 57.9 Å². The molecule has 0 aliphatic carbocycles. The molecule has 1 rings (SSSR count). The molecule has 3 heteroatoms. The lowest BCUT2D eigenvalue weighted by Gasteiger charge is -2.15. The fraction of sp³-hybridized carbons (Fsp3) is 0.727. The third kappa shape index (κ3) is 2.30. The molecule has 0 N–H and O–H groups in total. The lowest BCUT2D eigenvalue weighted by Crippen LogP contribution is -2.13. The number of rotatable bonds is 2. The monoisotopic (exact) mass is 215 g/mol. The van der Waals surface area contributed by atoms with E-state index in [1.165, 1.54) is 0 Å². The lowest BCUT2D eigenvalue weighted by molar-refractivity contribution is 0.443. The van der Waals surface area contributed by atoms with E-state index >= 15 is 0 Å². The average molecular weight is 216 g/mol. The molecule has 0 radical (unpaired) electrons. The SMILES string of the molecule is CC(C)c1nc(C(C)(C)C)c(CCl)o1. The van der Waals surface area contributed by atoms with Gasteiger partial charge in [0.15, 0.2) is 5.89 Å². The minimum atomic E-state index is 0.000856. The number of hydrogen-bond acceptors (Lipinski definition) is 2.